The van der Waals surface area contributed by atoms with Gasteiger partial charge in [0.25, 0.3) is 0 Å². The van der Waals surface area contributed by atoms with E-state index in [1.807, 2.05) is 59.7 Å². The maximum absolute atomic E-state index is 13.8. The molecule has 0 fully saturated rings. The van der Waals surface area contributed by atoms with Crippen LogP contribution in [0.1, 0.15) is 90.5 Å². The van der Waals surface area contributed by atoms with Crippen molar-refractivity contribution in [3.05, 3.63) is 34.9 Å². The number of carbonyl (C=O) groups excluding carboxylic acids is 3. The van der Waals surface area contributed by atoms with Crippen LogP contribution in [-0.4, -0.2) is 58.2 Å². The highest BCUT2D eigenvalue weighted by Crippen LogP contribution is 2.29. The van der Waals surface area contributed by atoms with Gasteiger partial charge in [-0.1, -0.05) is 44.0 Å². The van der Waals surface area contributed by atoms with Gasteiger partial charge in [-0.3, -0.25) is 9.59 Å². The van der Waals surface area contributed by atoms with Crippen LogP contribution in [0.25, 0.3) is 0 Å². The molecular formula is C27H45N3O5. The van der Waals surface area contributed by atoms with E-state index in [9.17, 15) is 19.5 Å². The van der Waals surface area contributed by atoms with Crippen LogP contribution in [0.5, 0.6) is 0 Å². The van der Waals surface area contributed by atoms with Crippen molar-refractivity contribution in [1.29, 1.82) is 0 Å². The zero-order valence-electron chi connectivity index (χ0n) is 22.9. The van der Waals surface area contributed by atoms with Gasteiger partial charge in [-0.15, -0.1) is 0 Å². The molecular weight excluding hydrogens is 446 g/mol. The number of nitrogens with zero attached hydrogens (tertiary/aromatic N) is 1. The first kappa shape index (κ1) is 30.4. The number of aryl methyl sites for hydroxylation is 2. The Kier molecular flexibility index (Phi) is 11.7. The van der Waals surface area contributed by atoms with Gasteiger partial charge >= 0.3 is 6.09 Å². The summed E-state index contributed by atoms with van der Waals surface area (Å²) in [7, 11) is 0. The highest BCUT2D eigenvalue weighted by molar-refractivity contribution is 5.92. The molecule has 0 aromatic heterocycles. The van der Waals surface area contributed by atoms with Crippen molar-refractivity contribution < 1.29 is 24.2 Å². The molecule has 0 aliphatic heterocycles. The summed E-state index contributed by atoms with van der Waals surface area (Å²) < 4.78 is 5.28. The number of hydrogen-bond acceptors (Lipinski definition) is 5. The minimum atomic E-state index is -1.26. The quantitative estimate of drug-likeness (QED) is 0.431. The topological polar surface area (TPSA) is 108 Å². The second kappa shape index (κ2) is 13.5. The van der Waals surface area contributed by atoms with Crippen LogP contribution in [0.15, 0.2) is 18.2 Å². The van der Waals surface area contributed by atoms with E-state index in [-0.39, 0.29) is 18.0 Å². The average molecular weight is 492 g/mol. The van der Waals surface area contributed by atoms with Gasteiger partial charge in [-0.05, 0) is 72.4 Å². The van der Waals surface area contributed by atoms with E-state index in [0.29, 0.717) is 12.0 Å². The standard InChI is InChI=1S/C27H45N3O5/c1-10-12-19(5)28-24(32)23(21-15-17(3)13-14-18(21)4)30(20(6)11-2)25(33)22(16-31)29-26(34)35-27(7,8)9/h13-15,19-20,22-23,31H,10-12,16H2,1-9H3,(H,28,32)(H,29,34). The Morgan fingerprint density at radius 3 is 2.23 bits per heavy atom. The summed E-state index contributed by atoms with van der Waals surface area (Å²) in [5.41, 5.74) is 1.79. The molecule has 0 saturated carbocycles. The molecule has 198 valence electrons. The first-order valence-corrected chi connectivity index (χ1v) is 12.6. The largest absolute Gasteiger partial charge is 0.444 e. The van der Waals surface area contributed by atoms with E-state index in [1.165, 1.54) is 4.90 Å². The van der Waals surface area contributed by atoms with Crippen molar-refractivity contribution in [1.82, 2.24) is 15.5 Å². The summed E-state index contributed by atoms with van der Waals surface area (Å²) in [6.45, 7) is 16.1. The summed E-state index contributed by atoms with van der Waals surface area (Å²) in [6.07, 6.45) is 1.49. The van der Waals surface area contributed by atoms with Gasteiger partial charge in [-0.2, -0.15) is 0 Å². The summed E-state index contributed by atoms with van der Waals surface area (Å²) in [5, 5.41) is 15.6. The Hall–Kier alpha value is -2.61. The number of benzene rings is 1. The number of hydrogen-bond donors (Lipinski definition) is 3. The van der Waals surface area contributed by atoms with Crippen molar-refractivity contribution in [3.8, 4) is 0 Å². The summed E-state index contributed by atoms with van der Waals surface area (Å²) in [4.78, 5) is 41.4. The van der Waals surface area contributed by atoms with E-state index in [1.54, 1.807) is 20.8 Å². The Balaban J connectivity index is 3.52. The fourth-order valence-electron chi connectivity index (χ4n) is 3.91. The lowest BCUT2D eigenvalue weighted by atomic mass is 9.94. The predicted molar refractivity (Wildman–Crippen MR) is 138 cm³/mol. The molecule has 0 aliphatic carbocycles. The third-order valence-electron chi connectivity index (χ3n) is 5.86. The molecule has 0 spiro atoms. The molecule has 8 nitrogen and oxygen atoms in total. The molecule has 0 radical (unpaired) electrons. The third-order valence-corrected chi connectivity index (χ3v) is 5.86. The van der Waals surface area contributed by atoms with Crippen LogP contribution < -0.4 is 10.6 Å². The van der Waals surface area contributed by atoms with Crippen molar-refractivity contribution in [2.45, 2.75) is 111 Å². The van der Waals surface area contributed by atoms with Crippen molar-refractivity contribution in [2.24, 2.45) is 0 Å². The van der Waals surface area contributed by atoms with E-state index < -0.39 is 36.3 Å². The minimum absolute atomic E-state index is 0.0671. The fourth-order valence-corrected chi connectivity index (χ4v) is 3.91. The maximum atomic E-state index is 13.8. The molecule has 1 aromatic rings. The number of rotatable bonds is 11. The van der Waals surface area contributed by atoms with Crippen LogP contribution in [-0.2, 0) is 14.3 Å². The molecule has 1 rings (SSSR count). The van der Waals surface area contributed by atoms with E-state index in [4.69, 9.17) is 4.74 Å². The van der Waals surface area contributed by atoms with Crippen LogP contribution in [0.2, 0.25) is 0 Å². The lowest BCUT2D eigenvalue weighted by Crippen LogP contribution is -2.57. The zero-order valence-corrected chi connectivity index (χ0v) is 22.9. The number of aliphatic hydroxyl groups is 1. The first-order chi connectivity index (χ1) is 16.2. The summed E-state index contributed by atoms with van der Waals surface area (Å²) >= 11 is 0. The predicted octanol–water partition coefficient (Wildman–Crippen LogP) is 4.16. The van der Waals surface area contributed by atoms with Crippen molar-refractivity contribution in [2.75, 3.05) is 6.61 Å². The summed E-state index contributed by atoms with van der Waals surface area (Å²) in [5.74, 6) is -0.834. The van der Waals surface area contributed by atoms with E-state index in [2.05, 4.69) is 10.6 Å². The number of aliphatic hydroxyl groups excluding tert-OH is 1. The Morgan fingerprint density at radius 2 is 1.71 bits per heavy atom. The average Bonchev–Trinajstić information content (AvgIpc) is 2.75. The van der Waals surface area contributed by atoms with Gasteiger partial charge in [-0.25, -0.2) is 4.79 Å². The van der Waals surface area contributed by atoms with E-state index in [0.717, 1.165) is 24.0 Å². The zero-order chi connectivity index (χ0) is 26.9. The van der Waals surface area contributed by atoms with Crippen LogP contribution in [0.4, 0.5) is 4.79 Å². The molecule has 4 unspecified atom stereocenters. The maximum Gasteiger partial charge on any atom is 0.408 e. The lowest BCUT2D eigenvalue weighted by molar-refractivity contribution is -0.146. The smallest absolute Gasteiger partial charge is 0.408 e. The fraction of sp³-hybridized carbons (Fsp3) is 0.667. The van der Waals surface area contributed by atoms with Crippen molar-refractivity contribution >= 4 is 17.9 Å². The number of carbonyl (C=O) groups is 3. The van der Waals surface area contributed by atoms with E-state index >= 15 is 0 Å². The SMILES string of the molecule is CCCC(C)NC(=O)C(c1cc(C)ccc1C)N(C(=O)C(CO)NC(=O)OC(C)(C)C)C(C)CC. The third kappa shape index (κ3) is 9.17. The molecule has 0 aliphatic rings. The molecule has 0 saturated heterocycles. The number of nitrogens with one attached hydrogen (secondary N) is 2. The molecule has 0 bridgehead atoms. The Labute approximate surface area is 210 Å². The highest BCUT2D eigenvalue weighted by Gasteiger charge is 2.39. The van der Waals surface area contributed by atoms with Crippen LogP contribution >= 0.6 is 0 Å². The lowest BCUT2D eigenvalue weighted by Gasteiger charge is -2.39. The molecule has 4 atom stereocenters. The molecule has 1 aromatic carbocycles. The normalized spacial score (nSPS) is 14.9. The van der Waals surface area contributed by atoms with Gasteiger partial charge in [0.05, 0.1) is 6.61 Å². The van der Waals surface area contributed by atoms with Crippen LogP contribution in [0.3, 0.4) is 0 Å². The number of amides is 3. The summed E-state index contributed by atoms with van der Waals surface area (Å²) in [6, 6.07) is 3.23. The highest BCUT2D eigenvalue weighted by atomic mass is 16.6. The molecule has 35 heavy (non-hydrogen) atoms. The molecule has 8 heteroatoms. The number of ether oxygens (including phenoxy) is 1. The van der Waals surface area contributed by atoms with Gasteiger partial charge in [0.2, 0.25) is 11.8 Å². The molecule has 3 N–H and O–H groups in total. The Bertz CT molecular complexity index is 865. The molecule has 3 amide bonds. The second-order valence-corrected chi connectivity index (χ2v) is 10.3. The van der Waals surface area contributed by atoms with Crippen LogP contribution in [0, 0.1) is 13.8 Å². The van der Waals surface area contributed by atoms with Gasteiger partial charge in [0, 0.05) is 12.1 Å². The van der Waals surface area contributed by atoms with Gasteiger partial charge < -0.3 is 25.4 Å². The van der Waals surface area contributed by atoms with Gasteiger partial charge in [0.15, 0.2) is 0 Å². The first-order valence-electron chi connectivity index (χ1n) is 12.6. The Morgan fingerprint density at radius 1 is 1.09 bits per heavy atom. The number of alkyl carbamates (subject to hydrolysis) is 1. The monoisotopic (exact) mass is 491 g/mol. The second-order valence-electron chi connectivity index (χ2n) is 10.3. The van der Waals surface area contributed by atoms with Gasteiger partial charge in [0.1, 0.15) is 17.7 Å². The molecule has 0 heterocycles. The minimum Gasteiger partial charge on any atom is -0.444 e. The van der Waals surface area contributed by atoms with Crippen molar-refractivity contribution in [3.63, 3.8) is 0 Å².